The first-order valence-electron chi connectivity index (χ1n) is 11.5. The minimum Gasteiger partial charge on any atom is -0.339 e. The molecule has 2 atom stereocenters. The quantitative estimate of drug-likeness (QED) is 0.394. The fourth-order valence-electron chi connectivity index (χ4n) is 4.47. The fraction of sp³-hybridized carbons (Fsp3) is 0.346. The lowest BCUT2D eigenvalue weighted by molar-refractivity contribution is -0.125. The Balaban J connectivity index is 1.31. The molecule has 2 unspecified atom stereocenters. The summed E-state index contributed by atoms with van der Waals surface area (Å²) in [6.07, 6.45) is 2.48. The van der Waals surface area contributed by atoms with Crippen LogP contribution in [0.4, 0.5) is 4.39 Å². The van der Waals surface area contributed by atoms with Gasteiger partial charge in [-0.1, -0.05) is 30.3 Å². The van der Waals surface area contributed by atoms with Crippen molar-refractivity contribution in [2.45, 2.75) is 45.2 Å². The van der Waals surface area contributed by atoms with Crippen molar-refractivity contribution >= 4 is 11.7 Å². The number of aromatic nitrogens is 2. The van der Waals surface area contributed by atoms with Gasteiger partial charge >= 0.3 is 0 Å². The summed E-state index contributed by atoms with van der Waals surface area (Å²) in [5.41, 5.74) is 9.98. The normalized spacial score (nSPS) is 17.6. The van der Waals surface area contributed by atoms with Crippen LogP contribution >= 0.6 is 0 Å². The maximum Gasteiger partial charge on any atom is 0.294 e. The van der Waals surface area contributed by atoms with Gasteiger partial charge in [0.05, 0.1) is 22.6 Å². The summed E-state index contributed by atoms with van der Waals surface area (Å²) in [5, 5.41) is 4.48. The Bertz CT molecular complexity index is 1160. The molecule has 0 aliphatic carbocycles. The van der Waals surface area contributed by atoms with Crippen molar-refractivity contribution in [3.05, 3.63) is 82.9 Å². The molecule has 8 heteroatoms. The lowest BCUT2D eigenvalue weighted by Gasteiger charge is -2.17. The molecule has 2 aromatic carbocycles. The summed E-state index contributed by atoms with van der Waals surface area (Å²) in [5.74, 6) is -1.30. The number of hydrogen-bond acceptors (Lipinski definition) is 5. The van der Waals surface area contributed by atoms with Crippen molar-refractivity contribution in [2.24, 2.45) is 0 Å². The number of amides is 1. The van der Waals surface area contributed by atoms with Crippen LogP contribution < -0.4 is 10.9 Å². The minimum atomic E-state index is -0.531. The molecule has 4 rings (SSSR count). The van der Waals surface area contributed by atoms with E-state index < -0.39 is 11.7 Å². The predicted octanol–water partition coefficient (Wildman–Crippen LogP) is 3.66. The Labute approximate surface area is 198 Å². The minimum absolute atomic E-state index is 0.124. The molecule has 0 spiro atoms. The molecule has 1 aromatic heterocycles. The average molecular weight is 464 g/mol. The summed E-state index contributed by atoms with van der Waals surface area (Å²) in [7, 11) is 1.66. The van der Waals surface area contributed by atoms with E-state index in [1.165, 1.54) is 17.0 Å². The highest BCUT2D eigenvalue weighted by Gasteiger charge is 2.28. The molecule has 178 valence electrons. The Morgan fingerprint density at radius 2 is 1.79 bits per heavy atom. The fourth-order valence-corrected chi connectivity index (χ4v) is 4.47. The third-order valence-electron chi connectivity index (χ3n) is 6.36. The molecule has 3 aromatic rings. The van der Waals surface area contributed by atoms with E-state index >= 15 is 0 Å². The number of hydrazine groups is 1. The molecule has 1 saturated heterocycles. The van der Waals surface area contributed by atoms with E-state index in [0.717, 1.165) is 30.5 Å². The number of ketones is 1. The monoisotopic (exact) mass is 463 g/mol. The lowest BCUT2D eigenvalue weighted by Crippen LogP contribution is -2.36. The number of benzene rings is 2. The number of likely N-dealkylation sites (N-methyl/N-ethyl adjacent to an activating group) is 1. The first-order valence-corrected chi connectivity index (χ1v) is 11.5. The maximum atomic E-state index is 13.1. The second kappa shape index (κ2) is 10.3. The van der Waals surface area contributed by atoms with Crippen LogP contribution in [0.3, 0.4) is 0 Å². The molecule has 1 aliphatic rings. The van der Waals surface area contributed by atoms with E-state index in [9.17, 15) is 14.0 Å². The van der Waals surface area contributed by atoms with Gasteiger partial charge in [0.25, 0.3) is 11.7 Å². The molecule has 7 nitrogen and oxygen atoms in total. The van der Waals surface area contributed by atoms with Crippen molar-refractivity contribution in [2.75, 3.05) is 13.6 Å². The molecule has 0 saturated carbocycles. The molecule has 2 N–H and O–H groups in total. The molecule has 1 aliphatic heterocycles. The van der Waals surface area contributed by atoms with E-state index in [0.29, 0.717) is 23.5 Å². The van der Waals surface area contributed by atoms with Crippen molar-refractivity contribution in [3.8, 4) is 5.69 Å². The summed E-state index contributed by atoms with van der Waals surface area (Å²) >= 11 is 0. The van der Waals surface area contributed by atoms with Crippen molar-refractivity contribution in [1.82, 2.24) is 25.5 Å². The molecule has 1 amide bonds. The molecular weight excluding hydrogens is 433 g/mol. The van der Waals surface area contributed by atoms with Gasteiger partial charge in [0.15, 0.2) is 0 Å². The summed E-state index contributed by atoms with van der Waals surface area (Å²) in [6.45, 7) is 4.04. The number of Topliss-reactive ketones (excluding diaryl/α,β-unsaturated/α-hetero) is 1. The van der Waals surface area contributed by atoms with E-state index in [-0.39, 0.29) is 17.9 Å². The summed E-state index contributed by atoms with van der Waals surface area (Å²) in [4.78, 5) is 27.4. The highest BCUT2D eigenvalue weighted by molar-refractivity contribution is 6.43. The largest absolute Gasteiger partial charge is 0.339 e. The van der Waals surface area contributed by atoms with Gasteiger partial charge in [-0.15, -0.1) is 0 Å². The number of halogens is 1. The van der Waals surface area contributed by atoms with Gasteiger partial charge in [0.1, 0.15) is 5.82 Å². The Hall–Kier alpha value is -3.36. The van der Waals surface area contributed by atoms with Crippen LogP contribution in [-0.2, 0) is 4.79 Å². The number of carbonyl (C=O) groups is 2. The summed E-state index contributed by atoms with van der Waals surface area (Å²) < 4.78 is 14.8. The van der Waals surface area contributed by atoms with Crippen LogP contribution in [0.15, 0.2) is 54.6 Å². The average Bonchev–Trinajstić information content (AvgIpc) is 3.43. The number of rotatable bonds is 8. The highest BCUT2D eigenvalue weighted by Crippen LogP contribution is 2.24. The first kappa shape index (κ1) is 23.8. The third kappa shape index (κ3) is 5.08. The van der Waals surface area contributed by atoms with Crippen LogP contribution in [0.25, 0.3) is 5.69 Å². The highest BCUT2D eigenvalue weighted by atomic mass is 19.1. The van der Waals surface area contributed by atoms with Gasteiger partial charge in [0, 0.05) is 25.7 Å². The Morgan fingerprint density at radius 3 is 2.50 bits per heavy atom. The Morgan fingerprint density at radius 1 is 1.09 bits per heavy atom. The van der Waals surface area contributed by atoms with Crippen molar-refractivity contribution < 1.29 is 14.0 Å². The molecule has 2 heterocycles. The summed E-state index contributed by atoms with van der Waals surface area (Å²) in [6, 6.07) is 16.4. The number of nitrogens with one attached hydrogen (secondary N) is 2. The number of para-hydroxylation sites is 1. The van der Waals surface area contributed by atoms with E-state index in [1.807, 2.05) is 37.3 Å². The molecule has 0 bridgehead atoms. The van der Waals surface area contributed by atoms with E-state index in [4.69, 9.17) is 0 Å². The molecule has 34 heavy (non-hydrogen) atoms. The van der Waals surface area contributed by atoms with Gasteiger partial charge in [0.2, 0.25) is 0 Å². The zero-order chi connectivity index (χ0) is 24.2. The number of nitrogens with zero attached hydrogens (tertiary/aromatic N) is 3. The van der Waals surface area contributed by atoms with Gasteiger partial charge < -0.3 is 4.90 Å². The van der Waals surface area contributed by atoms with Crippen LogP contribution in [-0.4, -0.2) is 46.0 Å². The zero-order valence-electron chi connectivity index (χ0n) is 19.7. The van der Waals surface area contributed by atoms with Gasteiger partial charge in [-0.25, -0.2) is 9.07 Å². The smallest absolute Gasteiger partial charge is 0.294 e. The second-order valence-corrected chi connectivity index (χ2v) is 8.82. The Kier molecular flexibility index (Phi) is 7.19. The number of carbonyl (C=O) groups excluding carboxylic acids is 2. The molecule has 1 fully saturated rings. The zero-order valence-corrected chi connectivity index (χ0v) is 19.7. The first-order chi connectivity index (χ1) is 16.3. The standard InChI is InChI=1S/C26H30FN5O2/c1-17-24(18(2)32(30-17)22-9-5-4-6-10-22)25(33)26(34)31(3)15-7-8-21-16-23(29-28-21)19-11-13-20(27)14-12-19/h4-6,9-14,21,23,28-29H,7-8,15-16H2,1-3H3. The molecular formula is C26H30FN5O2. The second-order valence-electron chi connectivity index (χ2n) is 8.82. The SMILES string of the molecule is Cc1nn(-c2ccccc2)c(C)c1C(=O)C(=O)N(C)CCCC1CC(c2ccc(F)cc2)NN1. The molecule has 0 radical (unpaired) electrons. The van der Waals surface area contributed by atoms with Crippen molar-refractivity contribution in [3.63, 3.8) is 0 Å². The van der Waals surface area contributed by atoms with Crippen LogP contribution in [0.5, 0.6) is 0 Å². The van der Waals surface area contributed by atoms with E-state index in [2.05, 4.69) is 16.0 Å². The van der Waals surface area contributed by atoms with Crippen molar-refractivity contribution in [1.29, 1.82) is 0 Å². The van der Waals surface area contributed by atoms with Crippen LogP contribution in [0.1, 0.15) is 52.6 Å². The maximum absolute atomic E-state index is 13.1. The van der Waals surface area contributed by atoms with Crippen LogP contribution in [0, 0.1) is 19.7 Å². The predicted molar refractivity (Wildman–Crippen MR) is 128 cm³/mol. The third-order valence-corrected chi connectivity index (χ3v) is 6.36. The topological polar surface area (TPSA) is 79.3 Å². The van der Waals surface area contributed by atoms with Crippen LogP contribution in [0.2, 0.25) is 0 Å². The number of aryl methyl sites for hydroxylation is 1. The van der Waals surface area contributed by atoms with Gasteiger partial charge in [-0.05, 0) is 62.9 Å². The van der Waals surface area contributed by atoms with Gasteiger partial charge in [-0.2, -0.15) is 5.10 Å². The van der Waals surface area contributed by atoms with E-state index in [1.54, 1.807) is 30.8 Å². The number of hydrogen-bond donors (Lipinski definition) is 2. The lowest BCUT2D eigenvalue weighted by atomic mass is 9.99. The van der Waals surface area contributed by atoms with Gasteiger partial charge in [-0.3, -0.25) is 20.4 Å².